The van der Waals surface area contributed by atoms with Gasteiger partial charge in [-0.2, -0.15) is 0 Å². The van der Waals surface area contributed by atoms with Gasteiger partial charge >= 0.3 is 0 Å². The van der Waals surface area contributed by atoms with Crippen molar-refractivity contribution >= 4 is 33.2 Å². The van der Waals surface area contributed by atoms with Crippen LogP contribution in [0, 0.1) is 6.92 Å². The zero-order valence-corrected chi connectivity index (χ0v) is 16.2. The molecule has 0 aliphatic rings. The Labute approximate surface area is 158 Å². The third-order valence-electron chi connectivity index (χ3n) is 3.74. The molecule has 0 fully saturated rings. The molecule has 6 nitrogen and oxygen atoms in total. The van der Waals surface area contributed by atoms with Crippen LogP contribution in [0.4, 0.5) is 5.69 Å². The quantitative estimate of drug-likeness (QED) is 0.671. The maximum atomic E-state index is 12.5. The fraction of sp³-hybridized carbons (Fsp3) is 0.278. The first kappa shape index (κ1) is 20.4. The van der Waals surface area contributed by atoms with Crippen LogP contribution in [0.5, 0.6) is 0 Å². The van der Waals surface area contributed by atoms with E-state index in [0.717, 1.165) is 5.56 Å². The van der Waals surface area contributed by atoms with Crippen molar-refractivity contribution in [2.75, 3.05) is 25.6 Å². The number of hydrogen-bond donors (Lipinski definition) is 2. The largest absolute Gasteiger partial charge is 0.385 e. The van der Waals surface area contributed by atoms with Gasteiger partial charge in [0, 0.05) is 36.5 Å². The number of nitrogens with one attached hydrogen (secondary N) is 2. The highest BCUT2D eigenvalue weighted by molar-refractivity contribution is 7.89. The van der Waals surface area contributed by atoms with Gasteiger partial charge in [-0.1, -0.05) is 23.7 Å². The SMILES string of the molecule is COCCCNS(=O)(=O)c1cccc(C(=O)Nc2cccc(Cl)c2C)c1. The van der Waals surface area contributed by atoms with Crippen LogP contribution in [0.15, 0.2) is 47.4 Å². The Morgan fingerprint density at radius 2 is 1.92 bits per heavy atom. The van der Waals surface area contributed by atoms with E-state index in [4.69, 9.17) is 16.3 Å². The first-order valence-electron chi connectivity index (χ1n) is 8.00. The number of hydrogen-bond acceptors (Lipinski definition) is 4. The summed E-state index contributed by atoms with van der Waals surface area (Å²) in [6, 6.07) is 11.1. The maximum absolute atomic E-state index is 12.5. The number of methoxy groups -OCH3 is 1. The molecule has 0 atom stereocenters. The second-order valence-electron chi connectivity index (χ2n) is 5.64. The van der Waals surface area contributed by atoms with Gasteiger partial charge in [0.1, 0.15) is 0 Å². The summed E-state index contributed by atoms with van der Waals surface area (Å²) < 4.78 is 32.0. The Bertz CT molecular complexity index is 885. The second-order valence-corrected chi connectivity index (χ2v) is 7.81. The molecule has 140 valence electrons. The van der Waals surface area contributed by atoms with Crippen LogP contribution in [0.3, 0.4) is 0 Å². The van der Waals surface area contributed by atoms with Gasteiger partial charge < -0.3 is 10.1 Å². The number of ether oxygens (including phenoxy) is 1. The lowest BCUT2D eigenvalue weighted by Crippen LogP contribution is -2.26. The number of sulfonamides is 1. The lowest BCUT2D eigenvalue weighted by molar-refractivity contribution is 0.102. The Morgan fingerprint density at radius 3 is 2.65 bits per heavy atom. The van der Waals surface area contributed by atoms with Crippen LogP contribution < -0.4 is 10.0 Å². The summed E-state index contributed by atoms with van der Waals surface area (Å²) in [4.78, 5) is 12.5. The van der Waals surface area contributed by atoms with Crippen LogP contribution in [0.1, 0.15) is 22.3 Å². The number of amides is 1. The fourth-order valence-electron chi connectivity index (χ4n) is 2.25. The van der Waals surface area contributed by atoms with E-state index < -0.39 is 15.9 Å². The molecule has 0 unspecified atom stereocenters. The molecule has 2 aromatic rings. The first-order valence-corrected chi connectivity index (χ1v) is 9.86. The molecule has 0 aliphatic heterocycles. The van der Waals surface area contributed by atoms with Crippen LogP contribution in [-0.2, 0) is 14.8 Å². The highest BCUT2D eigenvalue weighted by Crippen LogP contribution is 2.23. The van der Waals surface area contributed by atoms with E-state index in [1.807, 2.05) is 0 Å². The highest BCUT2D eigenvalue weighted by atomic mass is 35.5. The Morgan fingerprint density at radius 1 is 1.19 bits per heavy atom. The van der Waals surface area contributed by atoms with E-state index in [0.29, 0.717) is 23.7 Å². The van der Waals surface area contributed by atoms with Gasteiger partial charge in [0.15, 0.2) is 0 Å². The summed E-state index contributed by atoms with van der Waals surface area (Å²) in [5, 5.41) is 3.29. The second kappa shape index (κ2) is 9.14. The number of carbonyl (C=O) groups is 1. The molecule has 2 N–H and O–H groups in total. The van der Waals surface area contributed by atoms with Crippen molar-refractivity contribution in [2.45, 2.75) is 18.2 Å². The Hall–Kier alpha value is -1.93. The minimum atomic E-state index is -3.69. The van der Waals surface area contributed by atoms with Crippen LogP contribution in [-0.4, -0.2) is 34.6 Å². The predicted molar refractivity (Wildman–Crippen MR) is 102 cm³/mol. The lowest BCUT2D eigenvalue weighted by atomic mass is 10.1. The number of rotatable bonds is 8. The fourth-order valence-corrected chi connectivity index (χ4v) is 3.54. The number of carbonyl (C=O) groups excluding carboxylic acids is 1. The molecule has 0 aromatic heterocycles. The number of halogens is 1. The third kappa shape index (κ3) is 5.28. The first-order chi connectivity index (χ1) is 12.3. The molecule has 1 amide bonds. The average Bonchev–Trinajstić information content (AvgIpc) is 2.63. The summed E-state index contributed by atoms with van der Waals surface area (Å²) in [6.45, 7) is 2.51. The molecule has 2 rings (SSSR count). The monoisotopic (exact) mass is 396 g/mol. The molecule has 0 saturated heterocycles. The molecular formula is C18H21ClN2O4S. The van der Waals surface area contributed by atoms with Crippen LogP contribution >= 0.6 is 11.6 Å². The molecule has 0 spiro atoms. The molecule has 0 saturated carbocycles. The molecule has 0 radical (unpaired) electrons. The van der Waals surface area contributed by atoms with E-state index >= 15 is 0 Å². The maximum Gasteiger partial charge on any atom is 0.255 e. The number of anilines is 1. The van der Waals surface area contributed by atoms with E-state index in [2.05, 4.69) is 10.0 Å². The Kier molecular flexibility index (Phi) is 7.16. The average molecular weight is 397 g/mol. The zero-order chi connectivity index (χ0) is 19.2. The summed E-state index contributed by atoms with van der Waals surface area (Å²) in [6.07, 6.45) is 0.559. The van der Waals surface area contributed by atoms with Gasteiger partial charge in [0.2, 0.25) is 10.0 Å². The minimum Gasteiger partial charge on any atom is -0.385 e. The lowest BCUT2D eigenvalue weighted by Gasteiger charge is -2.11. The van der Waals surface area contributed by atoms with Crippen molar-refractivity contribution in [1.82, 2.24) is 4.72 Å². The van der Waals surface area contributed by atoms with Gasteiger partial charge in [-0.3, -0.25) is 4.79 Å². The van der Waals surface area contributed by atoms with Crippen LogP contribution in [0.25, 0.3) is 0 Å². The standard InChI is InChI=1S/C18H21ClN2O4S/c1-13-16(19)8-4-9-17(13)21-18(22)14-6-3-7-15(12-14)26(23,24)20-10-5-11-25-2/h3-4,6-9,12,20H,5,10-11H2,1-2H3,(H,21,22). The summed E-state index contributed by atoms with van der Waals surface area (Å²) in [5.41, 5.74) is 1.56. The van der Waals surface area contributed by atoms with Gasteiger partial charge in [0.05, 0.1) is 4.90 Å². The molecule has 0 aliphatic carbocycles. The van der Waals surface area contributed by atoms with E-state index in [9.17, 15) is 13.2 Å². The molecule has 0 bridgehead atoms. The zero-order valence-electron chi connectivity index (χ0n) is 14.6. The van der Waals surface area contributed by atoms with Gasteiger partial charge in [0.25, 0.3) is 5.91 Å². The normalized spacial score (nSPS) is 11.3. The summed E-state index contributed by atoms with van der Waals surface area (Å²) >= 11 is 6.05. The van der Waals surface area contributed by atoms with Crippen LogP contribution in [0.2, 0.25) is 5.02 Å². The van der Waals surface area contributed by atoms with Crippen molar-refractivity contribution in [2.24, 2.45) is 0 Å². The molecule has 8 heteroatoms. The smallest absolute Gasteiger partial charge is 0.255 e. The van der Waals surface area contributed by atoms with Gasteiger partial charge in [-0.05, 0) is 49.2 Å². The summed E-state index contributed by atoms with van der Waals surface area (Å²) in [7, 11) is -2.14. The van der Waals surface area contributed by atoms with E-state index in [1.165, 1.54) is 18.2 Å². The van der Waals surface area contributed by atoms with Crippen molar-refractivity contribution < 1.29 is 17.9 Å². The van der Waals surface area contributed by atoms with Crippen molar-refractivity contribution in [3.63, 3.8) is 0 Å². The predicted octanol–water partition coefficient (Wildman–Crippen LogP) is 3.22. The molecular weight excluding hydrogens is 376 g/mol. The van der Waals surface area contributed by atoms with E-state index in [-0.39, 0.29) is 17.0 Å². The number of benzene rings is 2. The molecule has 26 heavy (non-hydrogen) atoms. The Balaban J connectivity index is 2.15. The molecule has 0 heterocycles. The van der Waals surface area contributed by atoms with Crippen molar-refractivity contribution in [3.8, 4) is 0 Å². The van der Waals surface area contributed by atoms with Gasteiger partial charge in [-0.15, -0.1) is 0 Å². The van der Waals surface area contributed by atoms with Crippen molar-refractivity contribution in [3.05, 3.63) is 58.6 Å². The minimum absolute atomic E-state index is 0.0328. The summed E-state index contributed by atoms with van der Waals surface area (Å²) in [5.74, 6) is -0.410. The van der Waals surface area contributed by atoms with Crippen molar-refractivity contribution in [1.29, 1.82) is 0 Å². The topological polar surface area (TPSA) is 84.5 Å². The van der Waals surface area contributed by atoms with Gasteiger partial charge in [-0.25, -0.2) is 13.1 Å². The third-order valence-corrected chi connectivity index (χ3v) is 5.61. The molecule has 2 aromatic carbocycles. The van der Waals surface area contributed by atoms with E-state index in [1.54, 1.807) is 38.3 Å². The highest BCUT2D eigenvalue weighted by Gasteiger charge is 2.16.